The molecule has 146 valence electrons. The lowest BCUT2D eigenvalue weighted by Gasteiger charge is -2.36. The number of carbonyl (C=O) groups excluding carboxylic acids is 1. The van der Waals surface area contributed by atoms with Gasteiger partial charge < -0.3 is 14.3 Å². The van der Waals surface area contributed by atoms with Crippen molar-refractivity contribution in [2.45, 2.75) is 24.3 Å². The molecule has 2 aromatic carbocycles. The van der Waals surface area contributed by atoms with Gasteiger partial charge in [0.15, 0.2) is 12.1 Å². The van der Waals surface area contributed by atoms with Crippen molar-refractivity contribution in [2.75, 3.05) is 12.8 Å². The maximum atomic E-state index is 13.4. The van der Waals surface area contributed by atoms with Crippen LogP contribution in [0.4, 0.5) is 0 Å². The average Bonchev–Trinajstić information content (AvgIpc) is 3.36. The van der Waals surface area contributed by atoms with Crippen molar-refractivity contribution < 1.29 is 9.21 Å². The van der Waals surface area contributed by atoms with Crippen LogP contribution in [0.2, 0.25) is 0 Å². The number of fused-ring (bicyclic) bond motifs is 3. The van der Waals surface area contributed by atoms with E-state index in [9.17, 15) is 4.79 Å². The van der Waals surface area contributed by atoms with Gasteiger partial charge in [-0.05, 0) is 48.9 Å². The standard InChI is InChI=1S/C23H21N3O2S/c1-14-20(24-13-28-14)23(27)26-12-11-18-17-5-3-4-6-19(17)25-21(18)22(26)15-7-9-16(29-2)10-8-15/h3-10,13,22,25H,11-12H2,1-2H3. The number of nitrogens with one attached hydrogen (secondary N) is 1. The lowest BCUT2D eigenvalue weighted by Crippen LogP contribution is -2.41. The van der Waals surface area contributed by atoms with E-state index in [2.05, 4.69) is 58.7 Å². The fraction of sp³-hybridized carbons (Fsp3) is 0.217. The van der Waals surface area contributed by atoms with Crippen molar-refractivity contribution in [1.29, 1.82) is 0 Å². The normalized spacial score (nSPS) is 16.2. The Hall–Kier alpha value is -2.99. The van der Waals surface area contributed by atoms with Gasteiger partial charge in [-0.25, -0.2) is 4.98 Å². The highest BCUT2D eigenvalue weighted by molar-refractivity contribution is 7.98. The van der Waals surface area contributed by atoms with Crippen LogP contribution in [0.25, 0.3) is 10.9 Å². The summed E-state index contributed by atoms with van der Waals surface area (Å²) < 4.78 is 5.30. The largest absolute Gasteiger partial charge is 0.448 e. The van der Waals surface area contributed by atoms with Crippen LogP contribution in [0.3, 0.4) is 0 Å². The number of carbonyl (C=O) groups is 1. The van der Waals surface area contributed by atoms with E-state index in [1.165, 1.54) is 22.2 Å². The van der Waals surface area contributed by atoms with Crippen molar-refractivity contribution in [3.05, 3.63) is 83.2 Å². The Morgan fingerprint density at radius 1 is 1.21 bits per heavy atom. The van der Waals surface area contributed by atoms with Crippen LogP contribution in [0.5, 0.6) is 0 Å². The second-order valence-electron chi connectivity index (χ2n) is 7.24. The Kier molecular flexibility index (Phi) is 4.43. The van der Waals surface area contributed by atoms with Gasteiger partial charge in [-0.1, -0.05) is 30.3 Å². The van der Waals surface area contributed by atoms with Gasteiger partial charge in [-0.15, -0.1) is 11.8 Å². The molecular formula is C23H21N3O2S. The highest BCUT2D eigenvalue weighted by Gasteiger charge is 2.36. The van der Waals surface area contributed by atoms with Gasteiger partial charge >= 0.3 is 0 Å². The van der Waals surface area contributed by atoms with E-state index < -0.39 is 0 Å². The maximum absolute atomic E-state index is 13.4. The predicted molar refractivity (Wildman–Crippen MR) is 114 cm³/mol. The van der Waals surface area contributed by atoms with Crippen molar-refractivity contribution in [2.24, 2.45) is 0 Å². The van der Waals surface area contributed by atoms with Gasteiger partial charge in [0.1, 0.15) is 5.76 Å². The summed E-state index contributed by atoms with van der Waals surface area (Å²) >= 11 is 1.71. The number of oxazole rings is 1. The van der Waals surface area contributed by atoms with Gasteiger partial charge in [-0.3, -0.25) is 4.79 Å². The van der Waals surface area contributed by atoms with Crippen LogP contribution in [0.15, 0.2) is 64.2 Å². The van der Waals surface area contributed by atoms with E-state index in [-0.39, 0.29) is 11.9 Å². The third kappa shape index (κ3) is 2.95. The Morgan fingerprint density at radius 2 is 2.00 bits per heavy atom. The molecule has 1 unspecified atom stereocenters. The molecule has 0 saturated heterocycles. The minimum absolute atomic E-state index is 0.0977. The molecule has 1 amide bonds. The number of para-hydroxylation sites is 1. The molecule has 4 aromatic rings. The number of thioether (sulfide) groups is 1. The van der Waals surface area contributed by atoms with E-state index in [4.69, 9.17) is 4.42 Å². The number of hydrogen-bond acceptors (Lipinski definition) is 4. The topological polar surface area (TPSA) is 62.1 Å². The number of aromatic nitrogens is 2. The monoisotopic (exact) mass is 403 g/mol. The molecule has 0 aliphatic carbocycles. The van der Waals surface area contributed by atoms with Gasteiger partial charge in [0.05, 0.1) is 6.04 Å². The molecule has 29 heavy (non-hydrogen) atoms. The van der Waals surface area contributed by atoms with Crippen LogP contribution in [-0.2, 0) is 6.42 Å². The first-order valence-corrected chi connectivity index (χ1v) is 10.8. The summed E-state index contributed by atoms with van der Waals surface area (Å²) in [5.74, 6) is 0.452. The summed E-state index contributed by atoms with van der Waals surface area (Å²) in [7, 11) is 0. The van der Waals surface area contributed by atoms with Crippen molar-refractivity contribution in [1.82, 2.24) is 14.9 Å². The zero-order valence-corrected chi connectivity index (χ0v) is 17.1. The molecule has 0 radical (unpaired) electrons. The molecule has 3 heterocycles. The number of hydrogen-bond donors (Lipinski definition) is 1. The third-order valence-electron chi connectivity index (χ3n) is 5.67. The number of H-pyrrole nitrogens is 1. The molecule has 0 fully saturated rings. The van der Waals surface area contributed by atoms with Crippen molar-refractivity contribution in [3.63, 3.8) is 0 Å². The summed E-state index contributed by atoms with van der Waals surface area (Å²) in [6, 6.07) is 16.6. The number of aromatic amines is 1. The number of nitrogens with zero attached hydrogens (tertiary/aromatic N) is 2. The summed E-state index contributed by atoms with van der Waals surface area (Å²) in [5, 5.41) is 1.23. The van der Waals surface area contributed by atoms with Gasteiger partial charge in [0.25, 0.3) is 5.91 Å². The molecule has 0 spiro atoms. The van der Waals surface area contributed by atoms with Crippen LogP contribution in [0.1, 0.15) is 39.1 Å². The lowest BCUT2D eigenvalue weighted by molar-refractivity contribution is 0.0685. The molecule has 0 bridgehead atoms. The molecular weight excluding hydrogens is 382 g/mol. The van der Waals surface area contributed by atoms with Crippen LogP contribution >= 0.6 is 11.8 Å². The van der Waals surface area contributed by atoms with Gasteiger partial charge in [0, 0.05) is 28.0 Å². The fourth-order valence-electron chi connectivity index (χ4n) is 4.24. The van der Waals surface area contributed by atoms with E-state index in [1.54, 1.807) is 18.7 Å². The predicted octanol–water partition coefficient (Wildman–Crippen LogP) is 4.97. The van der Waals surface area contributed by atoms with Gasteiger partial charge in [-0.2, -0.15) is 0 Å². The Balaban J connectivity index is 1.66. The maximum Gasteiger partial charge on any atom is 0.276 e. The Labute approximate surface area is 173 Å². The van der Waals surface area contributed by atoms with E-state index in [1.807, 2.05) is 11.0 Å². The molecule has 6 heteroatoms. The molecule has 5 nitrogen and oxygen atoms in total. The van der Waals surface area contributed by atoms with Crippen molar-refractivity contribution >= 4 is 28.6 Å². The number of rotatable bonds is 3. The molecule has 1 aliphatic rings. The zero-order valence-electron chi connectivity index (χ0n) is 16.3. The molecule has 1 atom stereocenters. The molecule has 1 aliphatic heterocycles. The second kappa shape index (κ2) is 7.12. The summed E-state index contributed by atoms with van der Waals surface area (Å²) in [5.41, 5.74) is 4.96. The first kappa shape index (κ1) is 18.1. The van der Waals surface area contributed by atoms with E-state index in [0.29, 0.717) is 18.0 Å². The molecule has 1 N–H and O–H groups in total. The SMILES string of the molecule is CSc1ccc(C2c3[nH]c4ccccc4c3CCN2C(=O)c2ncoc2C)cc1. The third-order valence-corrected chi connectivity index (χ3v) is 6.42. The number of aryl methyl sites for hydroxylation is 1. The van der Waals surface area contributed by atoms with Crippen LogP contribution < -0.4 is 0 Å². The quantitative estimate of drug-likeness (QED) is 0.491. The minimum Gasteiger partial charge on any atom is -0.448 e. The second-order valence-corrected chi connectivity index (χ2v) is 8.12. The van der Waals surface area contributed by atoms with Crippen LogP contribution in [0, 0.1) is 6.92 Å². The highest BCUT2D eigenvalue weighted by atomic mass is 32.2. The summed E-state index contributed by atoms with van der Waals surface area (Å²) in [6.45, 7) is 2.41. The van der Waals surface area contributed by atoms with E-state index in [0.717, 1.165) is 23.2 Å². The smallest absolute Gasteiger partial charge is 0.276 e. The first-order chi connectivity index (χ1) is 14.2. The highest BCUT2D eigenvalue weighted by Crippen LogP contribution is 2.39. The lowest BCUT2D eigenvalue weighted by atomic mass is 9.92. The molecule has 0 saturated carbocycles. The first-order valence-electron chi connectivity index (χ1n) is 9.62. The average molecular weight is 404 g/mol. The minimum atomic E-state index is -0.189. The Morgan fingerprint density at radius 3 is 2.72 bits per heavy atom. The molecule has 2 aromatic heterocycles. The molecule has 5 rings (SSSR count). The Bertz CT molecular complexity index is 1190. The van der Waals surface area contributed by atoms with E-state index >= 15 is 0 Å². The van der Waals surface area contributed by atoms with Gasteiger partial charge in [0.2, 0.25) is 0 Å². The zero-order chi connectivity index (χ0) is 20.0. The van der Waals surface area contributed by atoms with Crippen LogP contribution in [-0.4, -0.2) is 33.6 Å². The summed E-state index contributed by atoms with van der Waals surface area (Å²) in [4.78, 5) is 24.3. The van der Waals surface area contributed by atoms with Crippen molar-refractivity contribution in [3.8, 4) is 0 Å². The number of benzene rings is 2. The number of amides is 1. The fourth-order valence-corrected chi connectivity index (χ4v) is 4.65. The summed E-state index contributed by atoms with van der Waals surface area (Å²) in [6.07, 6.45) is 4.21.